The molecule has 0 aliphatic carbocycles. The van der Waals surface area contributed by atoms with Gasteiger partial charge in [-0.15, -0.1) is 0 Å². The summed E-state index contributed by atoms with van der Waals surface area (Å²) in [7, 11) is 0. The average molecular weight is 109 g/mol. The quantitative estimate of drug-likeness (QED) is 0.506. The summed E-state index contributed by atoms with van der Waals surface area (Å²) in [6.45, 7) is 1.85. The molecule has 3 heteroatoms. The third kappa shape index (κ3) is 0.391. The maximum atomic E-state index is 4.10. The molecule has 0 fully saturated rings. The Morgan fingerprint density at radius 1 is 1.75 bits per heavy atom. The number of rotatable bonds is 0. The molecule has 1 aliphatic heterocycles. The topological polar surface area (TPSA) is 29.9 Å². The van der Waals surface area contributed by atoms with Crippen molar-refractivity contribution in [2.24, 2.45) is 0 Å². The molecule has 3 nitrogen and oxygen atoms in total. The van der Waals surface area contributed by atoms with Crippen molar-refractivity contribution in [1.29, 1.82) is 0 Å². The van der Waals surface area contributed by atoms with Gasteiger partial charge in [-0.25, -0.2) is 4.98 Å². The van der Waals surface area contributed by atoms with Crippen molar-refractivity contribution in [2.75, 3.05) is 0 Å². The lowest BCUT2D eigenvalue weighted by molar-refractivity contribution is 0.661. The van der Waals surface area contributed by atoms with Crippen molar-refractivity contribution in [3.63, 3.8) is 0 Å². The molecule has 2 heterocycles. The Bertz CT molecular complexity index is 173. The highest BCUT2D eigenvalue weighted by atomic mass is 15.2. The molecule has 1 aliphatic rings. The first-order valence-electron chi connectivity index (χ1n) is 2.67. The number of aromatic nitrogens is 2. The van der Waals surface area contributed by atoms with E-state index < -0.39 is 0 Å². The normalized spacial score (nSPS) is 16.5. The Labute approximate surface area is 47.3 Å². The highest BCUT2D eigenvalue weighted by Crippen LogP contribution is 2.00. The Morgan fingerprint density at radius 2 is 2.75 bits per heavy atom. The molecule has 0 bridgehead atoms. The van der Waals surface area contributed by atoms with E-state index in [9.17, 15) is 0 Å². The van der Waals surface area contributed by atoms with E-state index in [1.807, 2.05) is 12.4 Å². The van der Waals surface area contributed by atoms with Gasteiger partial charge in [0.15, 0.2) is 0 Å². The summed E-state index contributed by atoms with van der Waals surface area (Å²) in [6.07, 6.45) is 3.81. The van der Waals surface area contributed by atoms with Crippen molar-refractivity contribution >= 4 is 0 Å². The molecule has 0 amide bonds. The van der Waals surface area contributed by atoms with E-state index in [1.165, 1.54) is 0 Å². The van der Waals surface area contributed by atoms with Crippen molar-refractivity contribution in [3.8, 4) is 0 Å². The predicted octanol–water partition coefficient (Wildman–Crippen LogP) is -0.0562. The van der Waals surface area contributed by atoms with Crippen LogP contribution in [0.1, 0.15) is 5.82 Å². The smallest absolute Gasteiger partial charge is 0.123 e. The van der Waals surface area contributed by atoms with Crippen molar-refractivity contribution in [1.82, 2.24) is 14.9 Å². The van der Waals surface area contributed by atoms with Crippen molar-refractivity contribution in [2.45, 2.75) is 13.2 Å². The SMILES string of the molecule is c1cn2c(n1)CNC2. The predicted molar refractivity (Wildman–Crippen MR) is 29.1 cm³/mol. The van der Waals surface area contributed by atoms with Crippen LogP contribution in [-0.2, 0) is 13.2 Å². The standard InChI is InChI=1S/C5H7N3/c1-2-8-4-6-3-5(8)7-1/h1-2,6H,3-4H2. The van der Waals surface area contributed by atoms with Gasteiger partial charge < -0.3 is 4.57 Å². The van der Waals surface area contributed by atoms with Crippen LogP contribution in [0.2, 0.25) is 0 Å². The van der Waals surface area contributed by atoms with E-state index >= 15 is 0 Å². The van der Waals surface area contributed by atoms with E-state index in [0.717, 1.165) is 19.0 Å². The maximum Gasteiger partial charge on any atom is 0.123 e. The Balaban J connectivity index is 2.54. The van der Waals surface area contributed by atoms with Gasteiger partial charge >= 0.3 is 0 Å². The minimum Gasteiger partial charge on any atom is -0.321 e. The van der Waals surface area contributed by atoms with Gasteiger partial charge in [0, 0.05) is 12.4 Å². The number of hydrogen-bond donors (Lipinski definition) is 1. The fourth-order valence-corrected chi connectivity index (χ4v) is 0.939. The highest BCUT2D eigenvalue weighted by Gasteiger charge is 2.06. The largest absolute Gasteiger partial charge is 0.321 e. The van der Waals surface area contributed by atoms with Gasteiger partial charge in [0.2, 0.25) is 0 Å². The van der Waals surface area contributed by atoms with Crippen LogP contribution >= 0.6 is 0 Å². The zero-order chi connectivity index (χ0) is 5.40. The molecular weight excluding hydrogens is 102 g/mol. The lowest BCUT2D eigenvalue weighted by Gasteiger charge is -1.87. The summed E-state index contributed by atoms with van der Waals surface area (Å²) in [6, 6.07) is 0. The molecule has 0 saturated carbocycles. The zero-order valence-electron chi connectivity index (χ0n) is 4.46. The van der Waals surface area contributed by atoms with Crippen LogP contribution in [0, 0.1) is 0 Å². The van der Waals surface area contributed by atoms with Gasteiger partial charge in [0.05, 0.1) is 13.2 Å². The summed E-state index contributed by atoms with van der Waals surface area (Å²) >= 11 is 0. The lowest BCUT2D eigenvalue weighted by atomic mass is 10.6. The van der Waals surface area contributed by atoms with Gasteiger partial charge in [0.1, 0.15) is 5.82 Å². The van der Waals surface area contributed by atoms with E-state index in [0.29, 0.717) is 0 Å². The van der Waals surface area contributed by atoms with Crippen LogP contribution < -0.4 is 5.32 Å². The molecule has 1 N–H and O–H groups in total. The molecule has 8 heavy (non-hydrogen) atoms. The third-order valence-corrected chi connectivity index (χ3v) is 1.37. The molecule has 42 valence electrons. The van der Waals surface area contributed by atoms with Crippen LogP contribution in [0.15, 0.2) is 12.4 Å². The van der Waals surface area contributed by atoms with Crippen LogP contribution in [0.5, 0.6) is 0 Å². The Hall–Kier alpha value is -0.830. The van der Waals surface area contributed by atoms with E-state index in [2.05, 4.69) is 14.9 Å². The molecule has 2 rings (SSSR count). The van der Waals surface area contributed by atoms with Crippen LogP contribution in [0.25, 0.3) is 0 Å². The molecule has 0 radical (unpaired) electrons. The second-order valence-electron chi connectivity index (χ2n) is 1.90. The maximum absolute atomic E-state index is 4.10. The van der Waals surface area contributed by atoms with Crippen molar-refractivity contribution in [3.05, 3.63) is 18.2 Å². The number of nitrogens with one attached hydrogen (secondary N) is 1. The monoisotopic (exact) mass is 109 g/mol. The number of hydrogen-bond acceptors (Lipinski definition) is 2. The summed E-state index contributed by atoms with van der Waals surface area (Å²) in [5.74, 6) is 1.14. The van der Waals surface area contributed by atoms with E-state index in [-0.39, 0.29) is 0 Å². The highest BCUT2D eigenvalue weighted by molar-refractivity contribution is 4.94. The molecule has 1 aromatic rings. The van der Waals surface area contributed by atoms with Gasteiger partial charge in [-0.2, -0.15) is 0 Å². The van der Waals surface area contributed by atoms with Crippen LogP contribution in [0.3, 0.4) is 0 Å². The van der Waals surface area contributed by atoms with Crippen LogP contribution in [0.4, 0.5) is 0 Å². The summed E-state index contributed by atoms with van der Waals surface area (Å²) in [5, 5.41) is 3.17. The number of fused-ring (bicyclic) bond motifs is 1. The van der Waals surface area contributed by atoms with E-state index in [1.54, 1.807) is 0 Å². The minimum atomic E-state index is 0.924. The van der Waals surface area contributed by atoms with Gasteiger partial charge in [-0.05, 0) is 0 Å². The zero-order valence-corrected chi connectivity index (χ0v) is 4.46. The fraction of sp³-hybridized carbons (Fsp3) is 0.400. The van der Waals surface area contributed by atoms with Crippen molar-refractivity contribution < 1.29 is 0 Å². The first-order chi connectivity index (χ1) is 3.97. The fourth-order valence-electron chi connectivity index (χ4n) is 0.939. The first kappa shape index (κ1) is 4.09. The van der Waals surface area contributed by atoms with E-state index in [4.69, 9.17) is 0 Å². The lowest BCUT2D eigenvalue weighted by Crippen LogP contribution is -2.03. The van der Waals surface area contributed by atoms with Gasteiger partial charge in [0.25, 0.3) is 0 Å². The Kier molecular flexibility index (Phi) is 0.676. The second kappa shape index (κ2) is 1.32. The molecule has 0 aromatic carbocycles. The van der Waals surface area contributed by atoms with Gasteiger partial charge in [-0.3, -0.25) is 5.32 Å². The molecule has 0 unspecified atom stereocenters. The molecule has 0 spiro atoms. The molecule has 1 aromatic heterocycles. The number of imidazole rings is 1. The minimum absolute atomic E-state index is 0.924. The summed E-state index contributed by atoms with van der Waals surface area (Å²) in [5.41, 5.74) is 0. The molecular formula is C5H7N3. The molecule has 0 atom stereocenters. The summed E-state index contributed by atoms with van der Waals surface area (Å²) in [4.78, 5) is 4.10. The second-order valence-corrected chi connectivity index (χ2v) is 1.90. The summed E-state index contributed by atoms with van der Waals surface area (Å²) < 4.78 is 2.10. The van der Waals surface area contributed by atoms with Gasteiger partial charge in [-0.1, -0.05) is 0 Å². The Morgan fingerprint density at radius 3 is 3.62 bits per heavy atom. The number of nitrogens with zero attached hydrogens (tertiary/aromatic N) is 2. The van der Waals surface area contributed by atoms with Crippen LogP contribution in [-0.4, -0.2) is 9.55 Å². The third-order valence-electron chi connectivity index (χ3n) is 1.37. The average Bonchev–Trinajstić information content (AvgIpc) is 2.15. The first-order valence-corrected chi connectivity index (χ1v) is 2.67. The molecule has 0 saturated heterocycles.